The fourth-order valence-corrected chi connectivity index (χ4v) is 4.67. The van der Waals surface area contributed by atoms with Gasteiger partial charge in [0, 0.05) is 36.6 Å². The molecule has 150 valence electrons. The number of sulfonamides is 1. The molecule has 1 aromatic heterocycles. The van der Waals surface area contributed by atoms with Crippen LogP contribution in [0.15, 0.2) is 65.8 Å². The molecule has 6 nitrogen and oxygen atoms in total. The number of fused-ring (bicyclic) bond motifs is 1. The van der Waals surface area contributed by atoms with Gasteiger partial charge in [-0.1, -0.05) is 6.07 Å². The van der Waals surface area contributed by atoms with Gasteiger partial charge in [-0.3, -0.25) is 4.98 Å². The van der Waals surface area contributed by atoms with E-state index in [1.54, 1.807) is 19.5 Å². The van der Waals surface area contributed by atoms with Crippen LogP contribution in [0.1, 0.15) is 5.56 Å². The van der Waals surface area contributed by atoms with Gasteiger partial charge >= 0.3 is 0 Å². The van der Waals surface area contributed by atoms with E-state index >= 15 is 0 Å². The molecular formula is C21H19FN2O4S. The van der Waals surface area contributed by atoms with Crippen LogP contribution in [0, 0.1) is 5.82 Å². The Hall–Kier alpha value is -2.97. The molecule has 4 rings (SSSR count). The van der Waals surface area contributed by atoms with Crippen molar-refractivity contribution in [3.05, 3.63) is 72.3 Å². The standard InChI is InChI=1S/C21H19FN2O4S/c1-27-20-12-16(15-3-2-8-23-13-15)11-17-14-24(9-10-28-21(17)20)29(25,26)19-6-4-18(22)5-7-19/h2-8,11-13H,9-10,14H2,1H3. The highest BCUT2D eigenvalue weighted by Crippen LogP contribution is 2.39. The molecule has 0 aliphatic carbocycles. The number of rotatable bonds is 4. The van der Waals surface area contributed by atoms with Crippen LogP contribution in [0.3, 0.4) is 0 Å². The second kappa shape index (κ2) is 7.81. The Labute approximate surface area is 168 Å². The average Bonchev–Trinajstić information content (AvgIpc) is 2.97. The van der Waals surface area contributed by atoms with Crippen LogP contribution >= 0.6 is 0 Å². The number of aromatic nitrogens is 1. The van der Waals surface area contributed by atoms with Crippen LogP contribution in [-0.4, -0.2) is 38.0 Å². The van der Waals surface area contributed by atoms with Crippen LogP contribution < -0.4 is 9.47 Å². The number of pyridine rings is 1. The van der Waals surface area contributed by atoms with Gasteiger partial charge in [0.2, 0.25) is 10.0 Å². The third kappa shape index (κ3) is 3.81. The molecule has 29 heavy (non-hydrogen) atoms. The molecule has 0 fully saturated rings. The van der Waals surface area contributed by atoms with Crippen molar-refractivity contribution in [1.29, 1.82) is 0 Å². The molecule has 0 saturated heterocycles. The second-order valence-corrected chi connectivity index (χ2v) is 8.49. The summed E-state index contributed by atoms with van der Waals surface area (Å²) in [7, 11) is -2.26. The van der Waals surface area contributed by atoms with Gasteiger partial charge < -0.3 is 9.47 Å². The average molecular weight is 414 g/mol. The van der Waals surface area contributed by atoms with Gasteiger partial charge in [0.1, 0.15) is 12.4 Å². The van der Waals surface area contributed by atoms with Gasteiger partial charge in [0.15, 0.2) is 11.5 Å². The van der Waals surface area contributed by atoms with E-state index in [1.807, 2.05) is 24.3 Å². The zero-order chi connectivity index (χ0) is 20.4. The van der Waals surface area contributed by atoms with E-state index in [0.717, 1.165) is 23.3 Å². The SMILES string of the molecule is COc1cc(-c2cccnc2)cc2c1OCCN(S(=O)(=O)c1ccc(F)cc1)C2. The van der Waals surface area contributed by atoms with Crippen molar-refractivity contribution < 1.29 is 22.3 Å². The molecule has 0 saturated carbocycles. The van der Waals surface area contributed by atoms with Crippen LogP contribution in [0.25, 0.3) is 11.1 Å². The monoisotopic (exact) mass is 414 g/mol. The number of halogens is 1. The highest BCUT2D eigenvalue weighted by molar-refractivity contribution is 7.89. The normalized spacial score (nSPS) is 14.6. The molecule has 1 aliphatic rings. The van der Waals surface area contributed by atoms with Crippen molar-refractivity contribution in [1.82, 2.24) is 9.29 Å². The molecule has 8 heteroatoms. The zero-order valence-electron chi connectivity index (χ0n) is 15.7. The summed E-state index contributed by atoms with van der Waals surface area (Å²) in [5.74, 6) is 0.568. The third-order valence-corrected chi connectivity index (χ3v) is 6.59. The van der Waals surface area contributed by atoms with Crippen molar-refractivity contribution in [2.75, 3.05) is 20.3 Å². The Morgan fingerprint density at radius 3 is 2.62 bits per heavy atom. The molecule has 2 heterocycles. The lowest BCUT2D eigenvalue weighted by atomic mass is 10.0. The molecule has 1 aliphatic heterocycles. The summed E-state index contributed by atoms with van der Waals surface area (Å²) < 4.78 is 52.0. The highest BCUT2D eigenvalue weighted by atomic mass is 32.2. The van der Waals surface area contributed by atoms with Crippen molar-refractivity contribution in [3.8, 4) is 22.6 Å². The first kappa shape index (κ1) is 19.4. The first-order valence-corrected chi connectivity index (χ1v) is 10.4. The maximum atomic E-state index is 13.2. The molecule has 3 aromatic rings. The Kier molecular flexibility index (Phi) is 5.21. The largest absolute Gasteiger partial charge is 0.493 e. The molecule has 0 amide bonds. The smallest absolute Gasteiger partial charge is 0.243 e. The second-order valence-electron chi connectivity index (χ2n) is 6.55. The van der Waals surface area contributed by atoms with Gasteiger partial charge in [-0.05, 0) is 48.0 Å². The van der Waals surface area contributed by atoms with E-state index in [4.69, 9.17) is 9.47 Å². The van der Waals surface area contributed by atoms with E-state index in [0.29, 0.717) is 17.1 Å². The number of ether oxygens (including phenoxy) is 2. The Morgan fingerprint density at radius 1 is 1.14 bits per heavy atom. The van der Waals surface area contributed by atoms with Crippen LogP contribution in [-0.2, 0) is 16.6 Å². The van der Waals surface area contributed by atoms with E-state index < -0.39 is 15.8 Å². The van der Waals surface area contributed by atoms with Crippen molar-refractivity contribution in [2.45, 2.75) is 11.4 Å². The molecule has 0 unspecified atom stereocenters. The Morgan fingerprint density at radius 2 is 1.93 bits per heavy atom. The third-order valence-electron chi connectivity index (χ3n) is 4.73. The Balaban J connectivity index is 1.75. The lowest BCUT2D eigenvalue weighted by Gasteiger charge is -2.20. The van der Waals surface area contributed by atoms with Gasteiger partial charge in [0.25, 0.3) is 0 Å². The molecule has 0 N–H and O–H groups in total. The highest BCUT2D eigenvalue weighted by Gasteiger charge is 2.29. The number of benzene rings is 2. The lowest BCUT2D eigenvalue weighted by Crippen LogP contribution is -2.32. The topological polar surface area (TPSA) is 68.7 Å². The van der Waals surface area contributed by atoms with Crippen molar-refractivity contribution >= 4 is 10.0 Å². The molecule has 0 radical (unpaired) electrons. The number of hydrogen-bond donors (Lipinski definition) is 0. The van der Waals surface area contributed by atoms with Gasteiger partial charge in [-0.15, -0.1) is 0 Å². The molecular weight excluding hydrogens is 395 g/mol. The van der Waals surface area contributed by atoms with Crippen molar-refractivity contribution in [3.63, 3.8) is 0 Å². The van der Waals surface area contributed by atoms with Crippen molar-refractivity contribution in [2.24, 2.45) is 0 Å². The minimum absolute atomic E-state index is 0.0396. The van der Waals surface area contributed by atoms with Gasteiger partial charge in [-0.2, -0.15) is 4.31 Å². The Bertz CT molecular complexity index is 1120. The summed E-state index contributed by atoms with van der Waals surface area (Å²) >= 11 is 0. The van der Waals surface area contributed by atoms with Crippen LogP contribution in [0.4, 0.5) is 4.39 Å². The lowest BCUT2D eigenvalue weighted by molar-refractivity contribution is 0.279. The first-order valence-electron chi connectivity index (χ1n) is 8.99. The summed E-state index contributed by atoms with van der Waals surface area (Å²) in [6.07, 6.45) is 3.41. The predicted molar refractivity (Wildman–Crippen MR) is 106 cm³/mol. The summed E-state index contributed by atoms with van der Waals surface area (Å²) in [6, 6.07) is 12.3. The summed E-state index contributed by atoms with van der Waals surface area (Å²) in [5.41, 5.74) is 2.41. The van der Waals surface area contributed by atoms with E-state index in [9.17, 15) is 12.8 Å². The number of nitrogens with zero attached hydrogens (tertiary/aromatic N) is 2. The summed E-state index contributed by atoms with van der Waals surface area (Å²) in [4.78, 5) is 4.18. The van der Waals surface area contributed by atoms with Gasteiger partial charge in [0.05, 0.1) is 12.0 Å². The fraction of sp³-hybridized carbons (Fsp3) is 0.190. The van der Waals surface area contributed by atoms with Crippen LogP contribution in [0.2, 0.25) is 0 Å². The fourth-order valence-electron chi connectivity index (χ4n) is 3.27. The summed E-state index contributed by atoms with van der Waals surface area (Å²) in [6.45, 7) is 0.454. The first-order chi connectivity index (χ1) is 14.0. The molecule has 0 atom stereocenters. The maximum absolute atomic E-state index is 13.2. The molecule has 0 spiro atoms. The van der Waals surface area contributed by atoms with Gasteiger partial charge in [-0.25, -0.2) is 12.8 Å². The molecule has 2 aromatic carbocycles. The molecule has 0 bridgehead atoms. The minimum Gasteiger partial charge on any atom is -0.493 e. The number of hydrogen-bond acceptors (Lipinski definition) is 5. The van der Waals surface area contributed by atoms with Crippen LogP contribution in [0.5, 0.6) is 11.5 Å². The quantitative estimate of drug-likeness (QED) is 0.654. The van der Waals surface area contributed by atoms with E-state index in [1.165, 1.54) is 16.4 Å². The number of methoxy groups -OCH3 is 1. The maximum Gasteiger partial charge on any atom is 0.243 e. The summed E-state index contributed by atoms with van der Waals surface area (Å²) in [5, 5.41) is 0. The van der Waals surface area contributed by atoms with E-state index in [-0.39, 0.29) is 24.6 Å². The zero-order valence-corrected chi connectivity index (χ0v) is 16.5. The predicted octanol–water partition coefficient (Wildman–Crippen LogP) is 3.48. The van der Waals surface area contributed by atoms with E-state index in [2.05, 4.69) is 4.98 Å². The minimum atomic E-state index is -3.81.